The first-order chi connectivity index (χ1) is 21.7. The quantitative estimate of drug-likeness (QED) is 0.113. The molecule has 3 rings (SSSR count). The molecule has 47 heavy (non-hydrogen) atoms. The van der Waals surface area contributed by atoms with Gasteiger partial charge in [0.05, 0.1) is 5.92 Å². The van der Waals surface area contributed by atoms with Gasteiger partial charge in [-0.2, -0.15) is 39.5 Å². The maximum Gasteiger partial charge on any atom is 0.460 e. The van der Waals surface area contributed by atoms with Crippen molar-refractivity contribution in [3.8, 4) is 11.5 Å². The molecule has 0 spiro atoms. The lowest BCUT2D eigenvalue weighted by molar-refractivity contribution is -0.396. The Morgan fingerprint density at radius 1 is 0.809 bits per heavy atom. The van der Waals surface area contributed by atoms with Crippen LogP contribution in [0.4, 0.5) is 39.5 Å². The van der Waals surface area contributed by atoms with E-state index in [2.05, 4.69) is 6.92 Å². The number of carboxylic acid groups (broad SMARTS) is 1. The number of phenolic OH excluding ortho intramolecular Hbond substituents is 2. The highest BCUT2D eigenvalue weighted by Crippen LogP contribution is 2.55. The number of thioether (sulfide) groups is 1. The van der Waals surface area contributed by atoms with Gasteiger partial charge in [0.25, 0.3) is 0 Å². The van der Waals surface area contributed by atoms with Crippen LogP contribution in [0.25, 0.3) is 0 Å². The summed E-state index contributed by atoms with van der Waals surface area (Å²) >= 11 is 1.67. The van der Waals surface area contributed by atoms with Gasteiger partial charge in [-0.1, -0.05) is 63.6 Å². The molecular weight excluding hydrogens is 663 g/mol. The maximum atomic E-state index is 13.8. The molecule has 14 heteroatoms. The molecule has 0 fully saturated rings. The predicted molar refractivity (Wildman–Crippen MR) is 160 cm³/mol. The highest BCUT2D eigenvalue weighted by molar-refractivity contribution is 7.99. The number of phenols is 2. The number of hydrogen-bond donors (Lipinski definition) is 3. The molecule has 2 aromatic rings. The Morgan fingerprint density at radius 3 is 1.96 bits per heavy atom. The van der Waals surface area contributed by atoms with Gasteiger partial charge in [0, 0.05) is 22.5 Å². The molecule has 0 radical (unpaired) electrons. The number of aliphatic carboxylic acids is 1. The summed E-state index contributed by atoms with van der Waals surface area (Å²) in [5.74, 6) is -20.7. The summed E-state index contributed by atoms with van der Waals surface area (Å²) in [7, 11) is 0. The van der Waals surface area contributed by atoms with Gasteiger partial charge in [-0.25, -0.2) is 0 Å². The number of rotatable bonds is 17. The van der Waals surface area contributed by atoms with Crippen LogP contribution in [0, 0.1) is 5.92 Å². The number of benzene rings is 2. The maximum absolute atomic E-state index is 13.8. The molecule has 0 aromatic heterocycles. The molecule has 0 saturated carbocycles. The molecule has 0 bridgehead atoms. The fourth-order valence-corrected chi connectivity index (χ4v) is 7.59. The van der Waals surface area contributed by atoms with Crippen molar-refractivity contribution in [1.82, 2.24) is 0 Å². The molecule has 1 aliphatic heterocycles. The normalized spacial score (nSPS) is 19.7. The van der Waals surface area contributed by atoms with Crippen molar-refractivity contribution in [1.29, 1.82) is 0 Å². The first-order valence-corrected chi connectivity index (χ1v) is 16.4. The molecule has 1 unspecified atom stereocenters. The molecule has 0 saturated heterocycles. The van der Waals surface area contributed by atoms with Crippen LogP contribution in [0.2, 0.25) is 0 Å². The zero-order valence-electron chi connectivity index (χ0n) is 25.7. The molecule has 0 amide bonds. The monoisotopic (exact) mass is 702 g/mol. The smallest absolute Gasteiger partial charge is 0.460 e. The number of carbonyl (C=O) groups is 1. The van der Waals surface area contributed by atoms with Crippen LogP contribution in [0.5, 0.6) is 11.5 Å². The van der Waals surface area contributed by atoms with Gasteiger partial charge in [0.2, 0.25) is 0 Å². The average molecular weight is 703 g/mol. The van der Waals surface area contributed by atoms with Crippen molar-refractivity contribution in [3.63, 3.8) is 0 Å². The van der Waals surface area contributed by atoms with E-state index in [1.54, 1.807) is 36.0 Å². The molecule has 1 heterocycles. The lowest BCUT2D eigenvalue weighted by Gasteiger charge is -2.43. The topological polar surface area (TPSA) is 77.8 Å². The Hall–Kier alpha value is -2.77. The Labute approximate surface area is 271 Å². The third-order valence-electron chi connectivity index (χ3n) is 9.09. The summed E-state index contributed by atoms with van der Waals surface area (Å²) < 4.78 is 118. The minimum atomic E-state index is -6.95. The predicted octanol–water partition coefficient (Wildman–Crippen LogP) is 10.7. The number of carboxylic acids is 1. The lowest BCUT2D eigenvalue weighted by Crippen LogP contribution is -2.60. The van der Waals surface area contributed by atoms with E-state index in [4.69, 9.17) is 0 Å². The van der Waals surface area contributed by atoms with E-state index in [0.29, 0.717) is 12.8 Å². The molecule has 264 valence electrons. The lowest BCUT2D eigenvalue weighted by atomic mass is 9.68. The zero-order valence-corrected chi connectivity index (χ0v) is 26.6. The zero-order chi connectivity index (χ0) is 35.3. The number of alkyl halides is 9. The van der Waals surface area contributed by atoms with E-state index in [-0.39, 0.29) is 29.3 Å². The third kappa shape index (κ3) is 8.83. The Morgan fingerprint density at radius 2 is 1.36 bits per heavy atom. The second-order valence-electron chi connectivity index (χ2n) is 12.5. The Balaban J connectivity index is 1.46. The molecule has 1 aliphatic rings. The number of unbranched alkanes of at least 4 members (excludes halogenated alkanes) is 5. The number of fused-ring (bicyclic) bond motifs is 1. The van der Waals surface area contributed by atoms with Gasteiger partial charge in [-0.15, -0.1) is 11.8 Å². The molecule has 3 atom stereocenters. The minimum Gasteiger partial charge on any atom is -0.508 e. The standard InChI is InChI=1S/C33H39F9O4S/c1-29(22-12-14-23(43)15-13-22)20-47-27-19-24(44)16-17-25(27)26(29)11-7-5-3-2-4-6-9-21(28(45)46)10-8-18-30(34,35)31(36,37)32(38,39)33(40,41)42/h12-17,19,21,26,43-44H,2-11,18,20H2,1H3,(H,45,46)/t21?,26-,29-/m1/s1. The highest BCUT2D eigenvalue weighted by atomic mass is 32.2. The van der Waals surface area contributed by atoms with Crippen molar-refractivity contribution in [2.24, 2.45) is 5.92 Å². The average Bonchev–Trinajstić information content (AvgIpc) is 2.97. The van der Waals surface area contributed by atoms with Crippen LogP contribution in [-0.2, 0) is 10.2 Å². The van der Waals surface area contributed by atoms with Crippen LogP contribution in [0.3, 0.4) is 0 Å². The van der Waals surface area contributed by atoms with Crippen LogP contribution in [0.1, 0.15) is 94.6 Å². The van der Waals surface area contributed by atoms with Gasteiger partial charge >= 0.3 is 29.9 Å². The third-order valence-corrected chi connectivity index (χ3v) is 10.5. The van der Waals surface area contributed by atoms with Crippen LogP contribution in [-0.4, -0.2) is 51.0 Å². The minimum absolute atomic E-state index is 0.0182. The van der Waals surface area contributed by atoms with E-state index in [1.165, 1.54) is 0 Å². The van der Waals surface area contributed by atoms with Crippen molar-refractivity contribution in [2.45, 2.75) is 118 Å². The summed E-state index contributed by atoms with van der Waals surface area (Å²) in [4.78, 5) is 12.6. The van der Waals surface area contributed by atoms with Gasteiger partial charge in [0.15, 0.2) is 0 Å². The fourth-order valence-electron chi connectivity index (χ4n) is 6.18. The van der Waals surface area contributed by atoms with Crippen LogP contribution < -0.4 is 0 Å². The number of halogens is 9. The van der Waals surface area contributed by atoms with Crippen LogP contribution in [0.15, 0.2) is 47.4 Å². The van der Waals surface area contributed by atoms with E-state index in [0.717, 1.165) is 53.9 Å². The molecular formula is C33H39F9O4S. The van der Waals surface area contributed by atoms with Gasteiger partial charge < -0.3 is 15.3 Å². The van der Waals surface area contributed by atoms with E-state index in [9.17, 15) is 59.6 Å². The fraction of sp³-hybridized carbons (Fsp3) is 0.606. The van der Waals surface area contributed by atoms with E-state index >= 15 is 0 Å². The first-order valence-electron chi connectivity index (χ1n) is 15.4. The molecule has 4 nitrogen and oxygen atoms in total. The summed E-state index contributed by atoms with van der Waals surface area (Å²) in [5.41, 5.74) is 2.01. The summed E-state index contributed by atoms with van der Waals surface area (Å²) in [6.45, 7) is 2.19. The summed E-state index contributed by atoms with van der Waals surface area (Å²) in [5, 5.41) is 29.2. The SMILES string of the molecule is C[C@]1(c2ccc(O)cc2)CSc2cc(O)ccc2[C@H]1CCCCCCCCC(CCCC(F)(F)C(F)(F)C(F)(F)C(F)(F)F)C(=O)O. The summed E-state index contributed by atoms with van der Waals surface area (Å²) in [6.07, 6.45) is -5.28. The van der Waals surface area contributed by atoms with Crippen molar-refractivity contribution in [3.05, 3.63) is 53.6 Å². The second kappa shape index (κ2) is 15.2. The van der Waals surface area contributed by atoms with Crippen molar-refractivity contribution < 1.29 is 59.6 Å². The molecule has 3 N–H and O–H groups in total. The first kappa shape index (κ1) is 38.7. The van der Waals surface area contributed by atoms with Crippen LogP contribution >= 0.6 is 11.8 Å². The largest absolute Gasteiger partial charge is 0.508 e. The number of hydrogen-bond acceptors (Lipinski definition) is 4. The number of aromatic hydroxyl groups is 2. The highest BCUT2D eigenvalue weighted by Gasteiger charge is 2.81. The van der Waals surface area contributed by atoms with Gasteiger partial charge in [-0.3, -0.25) is 4.79 Å². The summed E-state index contributed by atoms with van der Waals surface area (Å²) in [6, 6.07) is 12.6. The van der Waals surface area contributed by atoms with Crippen molar-refractivity contribution >= 4 is 17.7 Å². The molecule has 0 aliphatic carbocycles. The Bertz CT molecular complexity index is 1330. The van der Waals surface area contributed by atoms with E-state index in [1.807, 2.05) is 18.2 Å². The second-order valence-corrected chi connectivity index (χ2v) is 13.5. The van der Waals surface area contributed by atoms with E-state index < -0.39 is 55.1 Å². The van der Waals surface area contributed by atoms with Gasteiger partial charge in [-0.05, 0) is 67.0 Å². The molecule has 2 aromatic carbocycles. The Kier molecular flexibility index (Phi) is 12.5. The van der Waals surface area contributed by atoms with Gasteiger partial charge in [0.1, 0.15) is 11.5 Å². The van der Waals surface area contributed by atoms with Crippen molar-refractivity contribution in [2.75, 3.05) is 5.75 Å².